The first-order chi connectivity index (χ1) is 14.9. The minimum absolute atomic E-state index is 0.207. The third-order valence-electron chi connectivity index (χ3n) is 4.71. The van der Waals surface area contributed by atoms with E-state index >= 15 is 0 Å². The molecule has 3 aromatic rings. The average molecular weight is 445 g/mol. The number of carbonyl (C=O) groups is 1. The van der Waals surface area contributed by atoms with Crippen LogP contribution in [0.3, 0.4) is 0 Å². The van der Waals surface area contributed by atoms with Crippen LogP contribution in [-0.2, 0) is 13.2 Å². The topological polar surface area (TPSA) is 82.8 Å². The molecule has 0 aliphatic carbocycles. The summed E-state index contributed by atoms with van der Waals surface area (Å²) in [6, 6.07) is 10.5. The molecule has 0 fully saturated rings. The van der Waals surface area contributed by atoms with Gasteiger partial charge in [0.05, 0.1) is 30.0 Å². The molecule has 0 unspecified atom stereocenters. The Morgan fingerprint density at radius 3 is 2.52 bits per heavy atom. The van der Waals surface area contributed by atoms with Crippen molar-refractivity contribution in [2.45, 2.75) is 33.9 Å². The van der Waals surface area contributed by atoms with E-state index in [1.165, 1.54) is 0 Å². The smallest absolute Gasteiger partial charge is 0.251 e. The Balaban J connectivity index is 1.59. The molecule has 0 saturated carbocycles. The molecule has 8 heteroatoms. The molecular weight excluding hydrogens is 420 g/mol. The first-order valence-electron chi connectivity index (χ1n) is 9.85. The zero-order chi connectivity index (χ0) is 22.4. The van der Waals surface area contributed by atoms with E-state index in [-0.39, 0.29) is 5.91 Å². The fourth-order valence-corrected chi connectivity index (χ4v) is 3.30. The Morgan fingerprint density at radius 1 is 1.16 bits per heavy atom. The number of benzene rings is 2. The van der Waals surface area contributed by atoms with Crippen LogP contribution in [0.4, 0.5) is 0 Å². The normalized spacial score (nSPS) is 10.6. The van der Waals surface area contributed by atoms with Gasteiger partial charge in [-0.1, -0.05) is 16.8 Å². The monoisotopic (exact) mass is 444 g/mol. The van der Waals surface area contributed by atoms with Gasteiger partial charge in [0.15, 0.2) is 11.5 Å². The molecule has 1 aromatic heterocycles. The largest absolute Gasteiger partial charge is 0.493 e. The van der Waals surface area contributed by atoms with Crippen molar-refractivity contribution in [1.29, 1.82) is 0 Å². The van der Waals surface area contributed by atoms with Gasteiger partial charge in [0.25, 0.3) is 5.91 Å². The van der Waals surface area contributed by atoms with Crippen LogP contribution in [0.25, 0.3) is 0 Å². The fraction of sp³-hybridized carbons (Fsp3) is 0.304. The molecule has 0 saturated heterocycles. The summed E-state index contributed by atoms with van der Waals surface area (Å²) in [5, 5.41) is 7.22. The predicted molar refractivity (Wildman–Crippen MR) is 117 cm³/mol. The van der Waals surface area contributed by atoms with E-state index in [1.54, 1.807) is 43.5 Å². The fourth-order valence-electron chi connectivity index (χ4n) is 3.01. The second kappa shape index (κ2) is 10.2. The SMILES string of the molecule is CCOc1c(Cl)cc(CNC(=O)c2ccc(OCc3c(C)noc3C)cc2)cc1OC. The highest BCUT2D eigenvalue weighted by atomic mass is 35.5. The number of nitrogens with zero attached hydrogens (tertiary/aromatic N) is 1. The van der Waals surface area contributed by atoms with Gasteiger partial charge in [-0.15, -0.1) is 0 Å². The van der Waals surface area contributed by atoms with Crippen molar-refractivity contribution in [2.75, 3.05) is 13.7 Å². The first kappa shape index (κ1) is 22.5. The number of methoxy groups -OCH3 is 1. The highest BCUT2D eigenvalue weighted by Crippen LogP contribution is 2.36. The van der Waals surface area contributed by atoms with Crippen molar-refractivity contribution in [3.8, 4) is 17.2 Å². The van der Waals surface area contributed by atoms with Gasteiger partial charge in [-0.25, -0.2) is 0 Å². The van der Waals surface area contributed by atoms with E-state index in [0.29, 0.717) is 47.6 Å². The lowest BCUT2D eigenvalue weighted by Crippen LogP contribution is -2.22. The highest BCUT2D eigenvalue weighted by molar-refractivity contribution is 6.32. The van der Waals surface area contributed by atoms with E-state index < -0.39 is 0 Å². The maximum Gasteiger partial charge on any atom is 0.251 e. The van der Waals surface area contributed by atoms with Gasteiger partial charge >= 0.3 is 0 Å². The van der Waals surface area contributed by atoms with Crippen molar-refractivity contribution >= 4 is 17.5 Å². The number of aromatic nitrogens is 1. The van der Waals surface area contributed by atoms with Crippen LogP contribution in [0.1, 0.15) is 39.9 Å². The molecule has 0 aliphatic heterocycles. The van der Waals surface area contributed by atoms with Crippen LogP contribution < -0.4 is 19.5 Å². The number of halogens is 1. The Kier molecular flexibility index (Phi) is 7.41. The van der Waals surface area contributed by atoms with Crippen molar-refractivity contribution in [3.05, 3.63) is 69.6 Å². The number of nitrogens with one attached hydrogen (secondary N) is 1. The van der Waals surface area contributed by atoms with Crippen molar-refractivity contribution in [2.24, 2.45) is 0 Å². The van der Waals surface area contributed by atoms with Gasteiger partial charge in [0.1, 0.15) is 18.1 Å². The van der Waals surface area contributed by atoms with Gasteiger partial charge in [-0.05, 0) is 62.7 Å². The van der Waals surface area contributed by atoms with Gasteiger partial charge in [0.2, 0.25) is 0 Å². The van der Waals surface area contributed by atoms with Gasteiger partial charge in [0, 0.05) is 12.1 Å². The number of rotatable bonds is 9. The molecule has 1 heterocycles. The van der Waals surface area contributed by atoms with Crippen LogP contribution in [0.15, 0.2) is 40.9 Å². The number of hydrogen-bond acceptors (Lipinski definition) is 6. The molecule has 1 amide bonds. The number of aryl methyl sites for hydroxylation is 2. The van der Waals surface area contributed by atoms with E-state index in [9.17, 15) is 4.79 Å². The molecule has 1 N–H and O–H groups in total. The Bertz CT molecular complexity index is 1030. The van der Waals surface area contributed by atoms with Crippen molar-refractivity contribution in [1.82, 2.24) is 10.5 Å². The van der Waals surface area contributed by atoms with E-state index in [1.807, 2.05) is 20.8 Å². The summed E-state index contributed by atoms with van der Waals surface area (Å²) in [5.41, 5.74) is 3.05. The minimum atomic E-state index is -0.207. The molecule has 31 heavy (non-hydrogen) atoms. The lowest BCUT2D eigenvalue weighted by atomic mass is 10.1. The van der Waals surface area contributed by atoms with Crippen LogP contribution in [-0.4, -0.2) is 24.8 Å². The van der Waals surface area contributed by atoms with Crippen molar-refractivity contribution < 1.29 is 23.5 Å². The predicted octanol–water partition coefficient (Wildman–Crippen LogP) is 4.86. The second-order valence-corrected chi connectivity index (χ2v) is 7.25. The van der Waals surface area contributed by atoms with Gasteiger partial charge in [-0.2, -0.15) is 0 Å². The van der Waals surface area contributed by atoms with Gasteiger partial charge < -0.3 is 24.1 Å². The molecule has 0 aliphatic rings. The Hall–Kier alpha value is -3.19. The van der Waals surface area contributed by atoms with Gasteiger partial charge in [-0.3, -0.25) is 4.79 Å². The van der Waals surface area contributed by atoms with E-state index in [0.717, 1.165) is 22.6 Å². The standard InChI is InChI=1S/C23H25ClN2O5/c1-5-29-22-20(24)10-16(11-21(22)28-4)12-25-23(27)17-6-8-18(9-7-17)30-13-19-14(2)26-31-15(19)3/h6-11H,5,12-13H2,1-4H3,(H,25,27). The Labute approximate surface area is 186 Å². The van der Waals surface area contributed by atoms with Crippen LogP contribution in [0.5, 0.6) is 17.2 Å². The molecule has 164 valence electrons. The summed E-state index contributed by atoms with van der Waals surface area (Å²) in [6.07, 6.45) is 0. The Morgan fingerprint density at radius 2 is 1.90 bits per heavy atom. The quantitative estimate of drug-likeness (QED) is 0.507. The molecule has 3 rings (SSSR count). The first-order valence-corrected chi connectivity index (χ1v) is 10.2. The summed E-state index contributed by atoms with van der Waals surface area (Å²) in [4.78, 5) is 12.5. The van der Waals surface area contributed by atoms with Crippen LogP contribution in [0, 0.1) is 13.8 Å². The van der Waals surface area contributed by atoms with Crippen molar-refractivity contribution in [3.63, 3.8) is 0 Å². The number of hydrogen-bond donors (Lipinski definition) is 1. The molecule has 0 radical (unpaired) electrons. The third kappa shape index (κ3) is 5.49. The average Bonchev–Trinajstić information content (AvgIpc) is 3.09. The van der Waals surface area contributed by atoms with Crippen LogP contribution >= 0.6 is 11.6 Å². The molecule has 0 atom stereocenters. The molecule has 2 aromatic carbocycles. The lowest BCUT2D eigenvalue weighted by molar-refractivity contribution is 0.0951. The third-order valence-corrected chi connectivity index (χ3v) is 4.99. The maximum atomic E-state index is 12.5. The number of carbonyl (C=O) groups excluding carboxylic acids is 1. The number of amides is 1. The minimum Gasteiger partial charge on any atom is -0.493 e. The summed E-state index contributed by atoms with van der Waals surface area (Å²) >= 11 is 6.29. The van der Waals surface area contributed by atoms with Crippen LogP contribution in [0.2, 0.25) is 5.02 Å². The zero-order valence-corrected chi connectivity index (χ0v) is 18.7. The second-order valence-electron chi connectivity index (χ2n) is 6.84. The molecule has 0 spiro atoms. The summed E-state index contributed by atoms with van der Waals surface area (Å²) in [6.45, 7) is 6.72. The molecular formula is C23H25ClN2O5. The summed E-state index contributed by atoms with van der Waals surface area (Å²) in [7, 11) is 1.55. The lowest BCUT2D eigenvalue weighted by Gasteiger charge is -2.13. The number of ether oxygens (including phenoxy) is 3. The molecule has 0 bridgehead atoms. The summed E-state index contributed by atoms with van der Waals surface area (Å²) in [5.74, 6) is 2.20. The highest BCUT2D eigenvalue weighted by Gasteiger charge is 2.13. The van der Waals surface area contributed by atoms with E-state index in [4.69, 9.17) is 30.3 Å². The summed E-state index contributed by atoms with van der Waals surface area (Å²) < 4.78 is 21.8. The maximum absolute atomic E-state index is 12.5. The molecule has 7 nitrogen and oxygen atoms in total. The zero-order valence-electron chi connectivity index (χ0n) is 18.0. The van der Waals surface area contributed by atoms with E-state index in [2.05, 4.69) is 10.5 Å².